The molecule has 0 aliphatic carbocycles. The number of aromatic nitrogens is 2. The van der Waals surface area contributed by atoms with Crippen LogP contribution in [0, 0.1) is 0 Å². The molecule has 2 aromatic heterocycles. The van der Waals surface area contributed by atoms with Gasteiger partial charge in [0, 0.05) is 16.5 Å². The SMILES string of the molecule is O=c1[nH]c2ccc(-c3csc(-c4ccccc4)n3)cc2o1. The maximum atomic E-state index is 11.2. The van der Waals surface area contributed by atoms with E-state index in [4.69, 9.17) is 4.42 Å². The molecule has 4 aromatic rings. The van der Waals surface area contributed by atoms with Gasteiger partial charge in [0.05, 0.1) is 11.2 Å². The molecular formula is C16H10N2O2S. The summed E-state index contributed by atoms with van der Waals surface area (Å²) < 4.78 is 5.09. The van der Waals surface area contributed by atoms with Crippen LogP contribution in [0.15, 0.2) is 63.1 Å². The summed E-state index contributed by atoms with van der Waals surface area (Å²) in [6.07, 6.45) is 0. The van der Waals surface area contributed by atoms with E-state index in [1.54, 1.807) is 11.3 Å². The van der Waals surface area contributed by atoms with Crippen molar-refractivity contribution in [3.8, 4) is 21.8 Å². The fraction of sp³-hybridized carbons (Fsp3) is 0. The molecule has 4 rings (SSSR count). The van der Waals surface area contributed by atoms with Gasteiger partial charge in [-0.05, 0) is 12.1 Å². The van der Waals surface area contributed by atoms with Gasteiger partial charge in [0.2, 0.25) is 0 Å². The summed E-state index contributed by atoms with van der Waals surface area (Å²) in [5.41, 5.74) is 4.16. The summed E-state index contributed by atoms with van der Waals surface area (Å²) in [5.74, 6) is -0.439. The van der Waals surface area contributed by atoms with Gasteiger partial charge < -0.3 is 4.42 Å². The molecule has 0 radical (unpaired) electrons. The van der Waals surface area contributed by atoms with E-state index in [9.17, 15) is 4.79 Å². The van der Waals surface area contributed by atoms with Crippen LogP contribution in [0.3, 0.4) is 0 Å². The first-order valence-electron chi connectivity index (χ1n) is 6.44. The van der Waals surface area contributed by atoms with E-state index in [0.29, 0.717) is 11.1 Å². The van der Waals surface area contributed by atoms with Crippen LogP contribution >= 0.6 is 11.3 Å². The van der Waals surface area contributed by atoms with E-state index in [1.807, 2.05) is 53.9 Å². The minimum absolute atomic E-state index is 0.439. The van der Waals surface area contributed by atoms with Gasteiger partial charge in [-0.1, -0.05) is 36.4 Å². The zero-order chi connectivity index (χ0) is 14.2. The van der Waals surface area contributed by atoms with Crippen molar-refractivity contribution in [3.63, 3.8) is 0 Å². The average Bonchev–Trinajstić information content (AvgIpc) is 3.12. The van der Waals surface area contributed by atoms with Crippen LogP contribution in [-0.2, 0) is 0 Å². The number of hydrogen-bond donors (Lipinski definition) is 1. The van der Waals surface area contributed by atoms with Gasteiger partial charge in [-0.25, -0.2) is 9.78 Å². The molecule has 0 atom stereocenters. The van der Waals surface area contributed by atoms with E-state index in [0.717, 1.165) is 21.8 Å². The highest BCUT2D eigenvalue weighted by Gasteiger charge is 2.08. The Hall–Kier alpha value is -2.66. The lowest BCUT2D eigenvalue weighted by Gasteiger charge is -1.96. The Morgan fingerprint density at radius 2 is 1.90 bits per heavy atom. The number of benzene rings is 2. The fourth-order valence-corrected chi connectivity index (χ4v) is 3.06. The number of aromatic amines is 1. The van der Waals surface area contributed by atoms with Crippen LogP contribution in [-0.4, -0.2) is 9.97 Å². The van der Waals surface area contributed by atoms with Gasteiger partial charge in [0.1, 0.15) is 5.01 Å². The van der Waals surface area contributed by atoms with Crippen LogP contribution in [0.2, 0.25) is 0 Å². The number of nitrogens with one attached hydrogen (secondary N) is 1. The van der Waals surface area contributed by atoms with Crippen molar-refractivity contribution >= 4 is 22.4 Å². The number of oxazole rings is 1. The molecule has 0 saturated heterocycles. The first-order valence-corrected chi connectivity index (χ1v) is 7.32. The normalized spacial score (nSPS) is 11.0. The molecular weight excluding hydrogens is 284 g/mol. The molecule has 4 nitrogen and oxygen atoms in total. The van der Waals surface area contributed by atoms with Crippen molar-refractivity contribution in [1.82, 2.24) is 9.97 Å². The van der Waals surface area contributed by atoms with Crippen LogP contribution in [0.1, 0.15) is 0 Å². The van der Waals surface area contributed by atoms with E-state index in [2.05, 4.69) is 9.97 Å². The molecule has 0 saturated carbocycles. The lowest BCUT2D eigenvalue weighted by molar-refractivity contribution is 0.555. The molecule has 0 amide bonds. The lowest BCUT2D eigenvalue weighted by atomic mass is 10.1. The Morgan fingerprint density at radius 1 is 1.05 bits per heavy atom. The first kappa shape index (κ1) is 12.1. The Labute approximate surface area is 123 Å². The molecule has 2 heterocycles. The maximum absolute atomic E-state index is 11.2. The van der Waals surface area contributed by atoms with Crippen molar-refractivity contribution in [2.75, 3.05) is 0 Å². The number of rotatable bonds is 2. The molecule has 0 bridgehead atoms. The van der Waals surface area contributed by atoms with Crippen molar-refractivity contribution in [1.29, 1.82) is 0 Å². The highest BCUT2D eigenvalue weighted by molar-refractivity contribution is 7.13. The van der Waals surface area contributed by atoms with Crippen molar-refractivity contribution in [2.24, 2.45) is 0 Å². The van der Waals surface area contributed by atoms with Gasteiger partial charge in [-0.15, -0.1) is 11.3 Å². The van der Waals surface area contributed by atoms with Crippen molar-refractivity contribution in [3.05, 3.63) is 64.5 Å². The van der Waals surface area contributed by atoms with Gasteiger partial charge in [-0.3, -0.25) is 4.98 Å². The summed E-state index contributed by atoms with van der Waals surface area (Å²) in [5, 5.41) is 2.98. The van der Waals surface area contributed by atoms with Gasteiger partial charge in [0.25, 0.3) is 0 Å². The maximum Gasteiger partial charge on any atom is 0.417 e. The predicted octanol–water partition coefficient (Wildman–Crippen LogP) is 3.91. The summed E-state index contributed by atoms with van der Waals surface area (Å²) in [6.45, 7) is 0. The average molecular weight is 294 g/mol. The van der Waals surface area contributed by atoms with Crippen LogP contribution in [0.4, 0.5) is 0 Å². The first-order chi connectivity index (χ1) is 10.3. The second-order valence-corrected chi connectivity index (χ2v) is 5.49. The third-order valence-electron chi connectivity index (χ3n) is 3.24. The highest BCUT2D eigenvalue weighted by atomic mass is 32.1. The predicted molar refractivity (Wildman–Crippen MR) is 83.4 cm³/mol. The van der Waals surface area contributed by atoms with Crippen LogP contribution in [0.5, 0.6) is 0 Å². The third-order valence-corrected chi connectivity index (χ3v) is 4.13. The highest BCUT2D eigenvalue weighted by Crippen LogP contribution is 2.29. The Kier molecular flexibility index (Phi) is 2.72. The molecule has 21 heavy (non-hydrogen) atoms. The number of nitrogens with zero attached hydrogens (tertiary/aromatic N) is 1. The van der Waals surface area contributed by atoms with E-state index in [-0.39, 0.29) is 0 Å². The number of thiazole rings is 1. The number of hydrogen-bond acceptors (Lipinski definition) is 4. The standard InChI is InChI=1S/C16H10N2O2S/c19-16-18-12-7-6-11(8-14(12)20-16)13-9-21-15(17-13)10-4-2-1-3-5-10/h1-9H,(H,18,19). The van der Waals surface area contributed by atoms with Gasteiger partial charge >= 0.3 is 5.76 Å². The summed E-state index contributed by atoms with van der Waals surface area (Å²) in [7, 11) is 0. The monoisotopic (exact) mass is 294 g/mol. The molecule has 0 spiro atoms. The summed E-state index contributed by atoms with van der Waals surface area (Å²) >= 11 is 1.60. The zero-order valence-electron chi connectivity index (χ0n) is 10.9. The molecule has 5 heteroatoms. The molecule has 0 aliphatic rings. The van der Waals surface area contributed by atoms with Crippen LogP contribution in [0.25, 0.3) is 32.9 Å². The third kappa shape index (κ3) is 2.17. The molecule has 0 unspecified atom stereocenters. The van der Waals surface area contributed by atoms with Crippen molar-refractivity contribution in [2.45, 2.75) is 0 Å². The van der Waals surface area contributed by atoms with Gasteiger partial charge in [-0.2, -0.15) is 0 Å². The van der Waals surface area contributed by atoms with Gasteiger partial charge in [0.15, 0.2) is 5.58 Å². The van der Waals surface area contributed by atoms with E-state index < -0.39 is 5.76 Å². The minimum Gasteiger partial charge on any atom is -0.408 e. The Balaban J connectivity index is 1.78. The molecule has 1 N–H and O–H groups in total. The van der Waals surface area contributed by atoms with E-state index in [1.165, 1.54) is 0 Å². The van der Waals surface area contributed by atoms with Crippen molar-refractivity contribution < 1.29 is 4.42 Å². The number of H-pyrrole nitrogens is 1. The molecule has 2 aromatic carbocycles. The molecule has 0 fully saturated rings. The fourth-order valence-electron chi connectivity index (χ4n) is 2.22. The van der Waals surface area contributed by atoms with Crippen LogP contribution < -0.4 is 5.76 Å². The summed E-state index contributed by atoms with van der Waals surface area (Å²) in [6, 6.07) is 15.6. The zero-order valence-corrected chi connectivity index (χ0v) is 11.7. The molecule has 0 aliphatic heterocycles. The quantitative estimate of drug-likeness (QED) is 0.609. The Morgan fingerprint density at radius 3 is 2.76 bits per heavy atom. The lowest BCUT2D eigenvalue weighted by Crippen LogP contribution is -1.92. The summed E-state index contributed by atoms with van der Waals surface area (Å²) in [4.78, 5) is 18.5. The molecule has 102 valence electrons. The smallest absolute Gasteiger partial charge is 0.408 e. The number of fused-ring (bicyclic) bond motifs is 1. The topological polar surface area (TPSA) is 58.9 Å². The second-order valence-electron chi connectivity index (χ2n) is 4.63. The largest absolute Gasteiger partial charge is 0.417 e. The van der Waals surface area contributed by atoms with E-state index >= 15 is 0 Å². The minimum atomic E-state index is -0.439. The Bertz CT molecular complexity index is 967. The second kappa shape index (κ2) is 4.71.